The second-order valence-electron chi connectivity index (χ2n) is 11.9. The molecule has 1 aliphatic carbocycles. The molecule has 0 radical (unpaired) electrons. The molecule has 4 rings (SSSR count). The molecule has 0 saturated heterocycles. The van der Waals surface area contributed by atoms with Crippen LogP contribution in [0.3, 0.4) is 0 Å². The number of rotatable bonds is 9. The van der Waals surface area contributed by atoms with Crippen molar-refractivity contribution in [3.63, 3.8) is 0 Å². The van der Waals surface area contributed by atoms with Crippen LogP contribution in [-0.2, 0) is 21.2 Å². The van der Waals surface area contributed by atoms with Crippen LogP contribution in [0.25, 0.3) is 0 Å². The number of carbonyl (C=O) groups is 1. The molecule has 1 saturated carbocycles. The van der Waals surface area contributed by atoms with Crippen molar-refractivity contribution < 1.29 is 23.1 Å². The lowest BCUT2D eigenvalue weighted by molar-refractivity contribution is -0.134. The van der Waals surface area contributed by atoms with Crippen molar-refractivity contribution in [3.05, 3.63) is 53.6 Å². The van der Waals surface area contributed by atoms with E-state index in [4.69, 9.17) is 4.74 Å². The van der Waals surface area contributed by atoms with Crippen molar-refractivity contribution in [2.75, 3.05) is 38.0 Å². The van der Waals surface area contributed by atoms with Crippen molar-refractivity contribution in [3.8, 4) is 5.75 Å². The maximum absolute atomic E-state index is 13.5. The summed E-state index contributed by atoms with van der Waals surface area (Å²) in [6, 6.07) is 11.5. The zero-order chi connectivity index (χ0) is 28.9. The number of aryl methyl sites for hydroxylation is 1. The molecule has 40 heavy (non-hydrogen) atoms. The van der Waals surface area contributed by atoms with Crippen LogP contribution in [0, 0.1) is 18.8 Å². The Kier molecular flexibility index (Phi) is 10.1. The van der Waals surface area contributed by atoms with Gasteiger partial charge in [0.25, 0.3) is 10.0 Å². The molecule has 1 fully saturated rings. The highest BCUT2D eigenvalue weighted by atomic mass is 32.2. The molecule has 1 amide bonds. The van der Waals surface area contributed by atoms with Crippen LogP contribution in [-0.4, -0.2) is 74.7 Å². The van der Waals surface area contributed by atoms with Gasteiger partial charge in [0.15, 0.2) is 0 Å². The van der Waals surface area contributed by atoms with Gasteiger partial charge in [-0.15, -0.1) is 0 Å². The number of fused-ring (bicyclic) bond motifs is 1. The van der Waals surface area contributed by atoms with Gasteiger partial charge in [-0.05, 0) is 70.0 Å². The number of anilines is 1. The SMILES string of the molecule is Cc1ccc(S(=O)(=O)Nc2ccc3c(c2)CC(=O)N([C@@H](C)CO)C[C@H](C)[C@H](CN(C)CC2CCCCC2)O3)cc1. The summed E-state index contributed by atoms with van der Waals surface area (Å²) in [4.78, 5) is 17.7. The third-order valence-electron chi connectivity index (χ3n) is 8.29. The summed E-state index contributed by atoms with van der Waals surface area (Å²) >= 11 is 0. The number of hydrogen-bond donors (Lipinski definition) is 2. The number of ether oxygens (including phenoxy) is 1. The van der Waals surface area contributed by atoms with Crippen LogP contribution in [0.5, 0.6) is 5.75 Å². The number of benzene rings is 2. The van der Waals surface area contributed by atoms with Crippen LogP contribution in [0.2, 0.25) is 0 Å². The summed E-state index contributed by atoms with van der Waals surface area (Å²) in [7, 11) is -1.66. The van der Waals surface area contributed by atoms with E-state index in [0.717, 1.165) is 12.1 Å². The fraction of sp³-hybridized carbons (Fsp3) is 0.581. The highest BCUT2D eigenvalue weighted by molar-refractivity contribution is 7.92. The Labute approximate surface area is 239 Å². The van der Waals surface area contributed by atoms with Crippen LogP contribution in [0.1, 0.15) is 57.1 Å². The third kappa shape index (κ3) is 7.77. The van der Waals surface area contributed by atoms with Gasteiger partial charge in [0.1, 0.15) is 11.9 Å². The molecule has 220 valence electrons. The largest absolute Gasteiger partial charge is 0.488 e. The monoisotopic (exact) mass is 571 g/mol. The minimum Gasteiger partial charge on any atom is -0.488 e. The highest BCUT2D eigenvalue weighted by Crippen LogP contribution is 2.31. The van der Waals surface area contributed by atoms with E-state index in [9.17, 15) is 18.3 Å². The van der Waals surface area contributed by atoms with E-state index in [1.165, 1.54) is 32.1 Å². The molecule has 0 bridgehead atoms. The normalized spacial score (nSPS) is 21.6. The zero-order valence-electron chi connectivity index (χ0n) is 24.3. The van der Waals surface area contributed by atoms with Crippen molar-refractivity contribution in [1.82, 2.24) is 9.80 Å². The van der Waals surface area contributed by atoms with Gasteiger partial charge < -0.3 is 19.6 Å². The van der Waals surface area contributed by atoms with Gasteiger partial charge in [0, 0.05) is 36.8 Å². The minimum absolute atomic E-state index is 0.0254. The number of carbonyl (C=O) groups excluding carboxylic acids is 1. The van der Waals surface area contributed by atoms with Gasteiger partial charge in [-0.25, -0.2) is 8.42 Å². The van der Waals surface area contributed by atoms with E-state index in [2.05, 4.69) is 23.6 Å². The van der Waals surface area contributed by atoms with E-state index < -0.39 is 10.0 Å². The zero-order valence-corrected chi connectivity index (χ0v) is 25.1. The molecule has 1 heterocycles. The fourth-order valence-corrected chi connectivity index (χ4v) is 6.88. The number of sulfonamides is 1. The van der Waals surface area contributed by atoms with Crippen LogP contribution in [0.4, 0.5) is 5.69 Å². The predicted octanol–water partition coefficient (Wildman–Crippen LogP) is 4.46. The summed E-state index contributed by atoms with van der Waals surface area (Å²) in [6.07, 6.45) is 6.34. The number of nitrogens with one attached hydrogen (secondary N) is 1. The van der Waals surface area contributed by atoms with E-state index in [1.807, 2.05) is 13.8 Å². The van der Waals surface area contributed by atoms with Crippen LogP contribution < -0.4 is 9.46 Å². The number of nitrogens with zero attached hydrogens (tertiary/aromatic N) is 2. The standard InChI is InChI=1S/C31H45N3O5S/c1-22-10-13-28(14-11-22)40(37,38)32-27-12-15-29-26(16-27)17-31(36)34(24(3)21-35)18-23(2)30(39-29)20-33(4)19-25-8-6-5-7-9-25/h10-16,23-25,30,32,35H,5-9,17-21H2,1-4H3/t23-,24-,30-/m0/s1. The summed E-state index contributed by atoms with van der Waals surface area (Å²) in [5.41, 5.74) is 1.97. The van der Waals surface area contributed by atoms with Gasteiger partial charge in [0.05, 0.1) is 24.0 Å². The Balaban J connectivity index is 1.60. The quantitative estimate of drug-likeness (QED) is 0.461. The first-order valence-electron chi connectivity index (χ1n) is 14.5. The Hall–Kier alpha value is -2.62. The Morgan fingerprint density at radius 1 is 1.10 bits per heavy atom. The number of amides is 1. The second-order valence-corrected chi connectivity index (χ2v) is 13.5. The molecule has 2 aromatic rings. The maximum Gasteiger partial charge on any atom is 0.261 e. The first kappa shape index (κ1) is 30.3. The lowest BCUT2D eigenvalue weighted by Crippen LogP contribution is -2.48. The van der Waals surface area contributed by atoms with Gasteiger partial charge in [-0.1, -0.05) is 43.9 Å². The summed E-state index contributed by atoms with van der Waals surface area (Å²) < 4.78 is 35.3. The number of aliphatic hydroxyl groups excluding tert-OH is 1. The van der Waals surface area contributed by atoms with Crippen molar-refractivity contribution in [1.29, 1.82) is 0 Å². The van der Waals surface area contributed by atoms with Crippen molar-refractivity contribution in [2.45, 2.75) is 76.3 Å². The van der Waals surface area contributed by atoms with E-state index in [1.54, 1.807) is 47.4 Å². The average Bonchev–Trinajstić information content (AvgIpc) is 2.96. The van der Waals surface area contributed by atoms with Crippen LogP contribution >= 0.6 is 0 Å². The molecule has 2 N–H and O–H groups in total. The maximum atomic E-state index is 13.5. The average molecular weight is 572 g/mol. The number of aliphatic hydroxyl groups is 1. The number of likely N-dealkylation sites (N-methyl/N-ethyl adjacent to an activating group) is 1. The lowest BCUT2D eigenvalue weighted by atomic mass is 9.89. The third-order valence-corrected chi connectivity index (χ3v) is 9.68. The molecule has 8 nitrogen and oxygen atoms in total. The summed E-state index contributed by atoms with van der Waals surface area (Å²) in [5.74, 6) is 1.20. The first-order chi connectivity index (χ1) is 19.1. The minimum atomic E-state index is -3.80. The molecular formula is C31H45N3O5S. The van der Waals surface area contributed by atoms with Crippen molar-refractivity contribution in [2.24, 2.45) is 11.8 Å². The molecule has 0 aromatic heterocycles. The van der Waals surface area contributed by atoms with E-state index in [-0.39, 0.29) is 41.9 Å². The fourth-order valence-electron chi connectivity index (χ4n) is 5.83. The Bertz CT molecular complexity index is 1240. The highest BCUT2D eigenvalue weighted by Gasteiger charge is 2.31. The van der Waals surface area contributed by atoms with E-state index in [0.29, 0.717) is 36.0 Å². The molecule has 0 spiro atoms. The first-order valence-corrected chi connectivity index (χ1v) is 16.0. The molecule has 2 aromatic carbocycles. The summed E-state index contributed by atoms with van der Waals surface area (Å²) in [6.45, 7) is 7.93. The molecule has 0 unspecified atom stereocenters. The van der Waals surface area contributed by atoms with Gasteiger partial charge in [-0.3, -0.25) is 9.52 Å². The van der Waals surface area contributed by atoms with Crippen molar-refractivity contribution >= 4 is 21.6 Å². The summed E-state index contributed by atoms with van der Waals surface area (Å²) in [5, 5.41) is 9.90. The topological polar surface area (TPSA) is 99.2 Å². The molecule has 3 atom stereocenters. The molecule has 1 aliphatic heterocycles. The second kappa shape index (κ2) is 13.4. The Morgan fingerprint density at radius 3 is 2.48 bits per heavy atom. The van der Waals surface area contributed by atoms with Gasteiger partial charge in [-0.2, -0.15) is 0 Å². The van der Waals surface area contributed by atoms with Gasteiger partial charge in [0.2, 0.25) is 5.91 Å². The Morgan fingerprint density at radius 2 is 1.80 bits per heavy atom. The molecule has 2 aliphatic rings. The van der Waals surface area contributed by atoms with E-state index >= 15 is 0 Å². The predicted molar refractivity (Wildman–Crippen MR) is 158 cm³/mol. The molecule has 9 heteroatoms. The number of hydrogen-bond acceptors (Lipinski definition) is 6. The lowest BCUT2D eigenvalue weighted by Gasteiger charge is -2.35. The smallest absolute Gasteiger partial charge is 0.261 e. The van der Waals surface area contributed by atoms with Gasteiger partial charge >= 0.3 is 0 Å². The van der Waals surface area contributed by atoms with Crippen LogP contribution in [0.15, 0.2) is 47.4 Å². The molecular weight excluding hydrogens is 526 g/mol.